The van der Waals surface area contributed by atoms with Crippen LogP contribution in [0.15, 0.2) is 30.3 Å². The molecule has 1 aromatic heterocycles. The molecule has 166 valence electrons. The molecule has 2 aromatic rings. The molecule has 0 bridgehead atoms. The number of aromatic nitrogens is 1. The lowest BCUT2D eigenvalue weighted by molar-refractivity contribution is -0.137. The summed E-state index contributed by atoms with van der Waals surface area (Å²) < 4.78 is 5.55. The Morgan fingerprint density at radius 2 is 1.94 bits per heavy atom. The number of rotatable bonds is 3. The molecule has 8 nitrogen and oxygen atoms in total. The highest BCUT2D eigenvalue weighted by molar-refractivity contribution is 5.82. The fourth-order valence-electron chi connectivity index (χ4n) is 4.97. The summed E-state index contributed by atoms with van der Waals surface area (Å²) in [5.41, 5.74) is 2.31. The summed E-state index contributed by atoms with van der Waals surface area (Å²) in [5.74, 6) is 2.08. The van der Waals surface area contributed by atoms with Crippen LogP contribution in [0.1, 0.15) is 12.0 Å². The second-order valence-electron chi connectivity index (χ2n) is 8.48. The van der Waals surface area contributed by atoms with Crippen molar-refractivity contribution < 1.29 is 19.4 Å². The van der Waals surface area contributed by atoms with Crippen molar-refractivity contribution in [2.75, 3.05) is 57.9 Å². The Bertz CT molecular complexity index is 931. The Morgan fingerprint density at radius 3 is 2.71 bits per heavy atom. The number of carbonyl (C=O) groups excluding carboxylic acids is 1. The number of morpholine rings is 1. The number of hydrogen-bond donors (Lipinski definition) is 1. The lowest BCUT2D eigenvalue weighted by Gasteiger charge is -2.30. The zero-order valence-electron chi connectivity index (χ0n) is 17.9. The quantitative estimate of drug-likeness (QED) is 0.748. The van der Waals surface area contributed by atoms with Crippen molar-refractivity contribution in [1.82, 2.24) is 14.8 Å². The van der Waals surface area contributed by atoms with Crippen LogP contribution >= 0.6 is 0 Å². The van der Waals surface area contributed by atoms with Gasteiger partial charge in [-0.1, -0.05) is 18.2 Å². The van der Waals surface area contributed by atoms with E-state index in [0.29, 0.717) is 11.8 Å². The number of pyridine rings is 1. The molecule has 1 N–H and O–H groups in total. The summed E-state index contributed by atoms with van der Waals surface area (Å²) in [5, 5.41) is 8.07. The van der Waals surface area contributed by atoms with Crippen LogP contribution in [0.3, 0.4) is 0 Å². The van der Waals surface area contributed by atoms with Crippen molar-refractivity contribution in [2.45, 2.75) is 13.0 Å². The SMILES string of the molecule is CN1CC[C@@H]2CN(Cc3cc4ccccc4nc3N3CCOCC3)C[C@@H]2C1=O.O=CO. The van der Waals surface area contributed by atoms with Crippen LogP contribution in [-0.4, -0.2) is 85.3 Å². The molecular formula is C23H30N4O4. The summed E-state index contributed by atoms with van der Waals surface area (Å²) in [7, 11) is 1.94. The standard InChI is InChI=1S/C22H28N4O2.CH2O2/c1-24-7-6-17-13-25(15-19(17)22(24)27)14-18-12-16-4-2-3-5-20(16)23-21(18)26-8-10-28-11-9-26;2-1-3/h2-5,12,17,19H,6-11,13-15H2,1H3;1H,(H,2,3)/t17-,19+;/m1./s1. The molecule has 0 unspecified atom stereocenters. The Morgan fingerprint density at radius 1 is 1.19 bits per heavy atom. The Hall–Kier alpha value is -2.71. The molecule has 0 radical (unpaired) electrons. The number of benzene rings is 1. The van der Waals surface area contributed by atoms with E-state index in [1.54, 1.807) is 0 Å². The third-order valence-corrected chi connectivity index (χ3v) is 6.53. The second kappa shape index (κ2) is 9.62. The second-order valence-corrected chi connectivity index (χ2v) is 8.48. The molecule has 3 aliphatic rings. The highest BCUT2D eigenvalue weighted by Gasteiger charge is 2.41. The van der Waals surface area contributed by atoms with E-state index in [2.05, 4.69) is 34.1 Å². The molecule has 1 aromatic carbocycles. The van der Waals surface area contributed by atoms with Gasteiger partial charge in [0.25, 0.3) is 6.47 Å². The predicted octanol–water partition coefficient (Wildman–Crippen LogP) is 1.68. The number of carboxylic acid groups (broad SMARTS) is 1. The van der Waals surface area contributed by atoms with Crippen molar-refractivity contribution >= 4 is 29.1 Å². The van der Waals surface area contributed by atoms with E-state index < -0.39 is 0 Å². The van der Waals surface area contributed by atoms with Gasteiger partial charge in [-0.25, -0.2) is 4.98 Å². The van der Waals surface area contributed by atoms with Gasteiger partial charge in [0, 0.05) is 57.3 Å². The van der Waals surface area contributed by atoms with Crippen molar-refractivity contribution in [3.05, 3.63) is 35.9 Å². The topological polar surface area (TPSA) is 86.2 Å². The fraction of sp³-hybridized carbons (Fsp3) is 0.522. The fourth-order valence-corrected chi connectivity index (χ4v) is 4.97. The lowest BCUT2D eigenvalue weighted by atomic mass is 9.88. The van der Waals surface area contributed by atoms with Crippen molar-refractivity contribution in [1.29, 1.82) is 0 Å². The minimum absolute atomic E-state index is 0.166. The first-order valence-corrected chi connectivity index (χ1v) is 10.9. The minimum atomic E-state index is -0.250. The van der Waals surface area contributed by atoms with Gasteiger partial charge in [-0.05, 0) is 24.5 Å². The number of para-hydroxylation sites is 1. The van der Waals surface area contributed by atoms with Gasteiger partial charge in [0.15, 0.2) is 0 Å². The number of ether oxygens (including phenoxy) is 1. The van der Waals surface area contributed by atoms with Gasteiger partial charge in [0.1, 0.15) is 5.82 Å². The van der Waals surface area contributed by atoms with Crippen LogP contribution in [0.2, 0.25) is 0 Å². The molecule has 0 saturated carbocycles. The van der Waals surface area contributed by atoms with Crippen molar-refractivity contribution in [2.24, 2.45) is 11.8 Å². The molecule has 31 heavy (non-hydrogen) atoms. The third kappa shape index (κ3) is 4.65. The number of hydrogen-bond acceptors (Lipinski definition) is 6. The lowest BCUT2D eigenvalue weighted by Crippen LogP contribution is -2.42. The average Bonchev–Trinajstić information content (AvgIpc) is 3.20. The predicted molar refractivity (Wildman–Crippen MR) is 118 cm³/mol. The molecule has 5 rings (SSSR count). The smallest absolute Gasteiger partial charge is 0.290 e. The molecule has 3 aliphatic heterocycles. The molecule has 4 heterocycles. The first kappa shape index (κ1) is 21.5. The van der Waals surface area contributed by atoms with Gasteiger partial charge in [-0.3, -0.25) is 14.5 Å². The maximum absolute atomic E-state index is 12.6. The van der Waals surface area contributed by atoms with E-state index >= 15 is 0 Å². The number of nitrogens with zero attached hydrogens (tertiary/aromatic N) is 4. The third-order valence-electron chi connectivity index (χ3n) is 6.53. The van der Waals surface area contributed by atoms with E-state index in [0.717, 1.165) is 70.2 Å². The first-order chi connectivity index (χ1) is 15.1. The molecule has 3 fully saturated rings. The van der Waals surface area contributed by atoms with Gasteiger partial charge in [-0.2, -0.15) is 0 Å². The van der Waals surface area contributed by atoms with E-state index in [-0.39, 0.29) is 12.4 Å². The number of fused-ring (bicyclic) bond motifs is 2. The summed E-state index contributed by atoms with van der Waals surface area (Å²) in [6.07, 6.45) is 1.12. The Balaban J connectivity index is 0.000000730. The van der Waals surface area contributed by atoms with Crippen LogP contribution in [0.5, 0.6) is 0 Å². The van der Waals surface area contributed by atoms with E-state index in [9.17, 15) is 4.79 Å². The van der Waals surface area contributed by atoms with Crippen LogP contribution in [0, 0.1) is 11.8 Å². The van der Waals surface area contributed by atoms with Gasteiger partial charge < -0.3 is 19.6 Å². The van der Waals surface area contributed by atoms with Crippen LogP contribution in [-0.2, 0) is 20.9 Å². The van der Waals surface area contributed by atoms with Gasteiger partial charge >= 0.3 is 0 Å². The summed E-state index contributed by atoms with van der Waals surface area (Å²) in [4.78, 5) is 32.7. The summed E-state index contributed by atoms with van der Waals surface area (Å²) in [6.45, 7) is 6.65. The molecule has 8 heteroatoms. The monoisotopic (exact) mass is 426 g/mol. The van der Waals surface area contributed by atoms with Crippen LogP contribution in [0.4, 0.5) is 5.82 Å². The highest BCUT2D eigenvalue weighted by atomic mass is 16.5. The molecule has 0 aliphatic carbocycles. The molecule has 0 spiro atoms. The number of amides is 1. The molecule has 1 amide bonds. The zero-order valence-corrected chi connectivity index (χ0v) is 17.9. The minimum Gasteiger partial charge on any atom is -0.483 e. The number of piperidine rings is 1. The van der Waals surface area contributed by atoms with E-state index in [1.807, 2.05) is 18.0 Å². The number of carbonyl (C=O) groups is 2. The van der Waals surface area contributed by atoms with E-state index in [1.165, 1.54) is 10.9 Å². The summed E-state index contributed by atoms with van der Waals surface area (Å²) in [6, 6.07) is 10.6. The Kier molecular flexibility index (Phi) is 6.67. The normalized spacial score (nSPS) is 24.0. The maximum Gasteiger partial charge on any atom is 0.290 e. The average molecular weight is 427 g/mol. The molecule has 2 atom stereocenters. The highest BCUT2D eigenvalue weighted by Crippen LogP contribution is 2.34. The van der Waals surface area contributed by atoms with Crippen molar-refractivity contribution in [3.8, 4) is 0 Å². The zero-order chi connectivity index (χ0) is 21.8. The molecule has 3 saturated heterocycles. The summed E-state index contributed by atoms with van der Waals surface area (Å²) >= 11 is 0. The van der Waals surface area contributed by atoms with Gasteiger partial charge in [-0.15, -0.1) is 0 Å². The van der Waals surface area contributed by atoms with Crippen molar-refractivity contribution in [3.63, 3.8) is 0 Å². The van der Waals surface area contributed by atoms with Crippen LogP contribution < -0.4 is 4.90 Å². The Labute approximate surface area is 182 Å². The van der Waals surface area contributed by atoms with E-state index in [4.69, 9.17) is 19.6 Å². The van der Waals surface area contributed by atoms with Gasteiger partial charge in [0.2, 0.25) is 5.91 Å². The maximum atomic E-state index is 12.6. The number of likely N-dealkylation sites (tertiary alicyclic amines) is 2. The van der Waals surface area contributed by atoms with Crippen LogP contribution in [0.25, 0.3) is 10.9 Å². The first-order valence-electron chi connectivity index (χ1n) is 10.9. The number of anilines is 1. The van der Waals surface area contributed by atoms with Gasteiger partial charge in [0.05, 0.1) is 24.6 Å². The molecular weight excluding hydrogens is 396 g/mol. The largest absolute Gasteiger partial charge is 0.483 e.